The van der Waals surface area contributed by atoms with E-state index >= 15 is 0 Å². The van der Waals surface area contributed by atoms with Crippen LogP contribution in [-0.2, 0) is 7.05 Å². The standard InChI is InChI=1S/C19H17N5O3S/c1-10(17-21-13-6-4-5-7-14(13)28-17)23(2)18(26)11-8-12-15(20-9-11)24(3)19(27)22-16(12)25/h4-10H,1-3H3,(H,22,25,27)/t10-/m1/s1. The molecular weight excluding hydrogens is 378 g/mol. The van der Waals surface area contributed by atoms with Crippen LogP contribution in [0.25, 0.3) is 21.3 Å². The van der Waals surface area contributed by atoms with E-state index in [0.29, 0.717) is 0 Å². The van der Waals surface area contributed by atoms with Gasteiger partial charge < -0.3 is 4.90 Å². The minimum atomic E-state index is -0.567. The SMILES string of the molecule is C[C@H](c1nc2ccccc2s1)N(C)C(=O)c1cnc2c(c1)c(=O)[nH]c(=O)n2C. The Kier molecular flexibility index (Phi) is 4.31. The summed E-state index contributed by atoms with van der Waals surface area (Å²) in [4.78, 5) is 49.3. The van der Waals surface area contributed by atoms with Crippen molar-refractivity contribution in [3.8, 4) is 0 Å². The van der Waals surface area contributed by atoms with E-state index in [4.69, 9.17) is 0 Å². The molecule has 0 bridgehead atoms. The zero-order chi connectivity index (χ0) is 20.0. The first-order valence-corrected chi connectivity index (χ1v) is 9.40. The van der Waals surface area contributed by atoms with E-state index in [1.165, 1.54) is 23.9 Å². The van der Waals surface area contributed by atoms with Gasteiger partial charge in [0, 0.05) is 20.3 Å². The van der Waals surface area contributed by atoms with Gasteiger partial charge in [0.15, 0.2) is 0 Å². The van der Waals surface area contributed by atoms with E-state index < -0.39 is 11.2 Å². The van der Waals surface area contributed by atoms with E-state index in [1.54, 1.807) is 23.3 Å². The van der Waals surface area contributed by atoms with Crippen LogP contribution in [0.1, 0.15) is 28.3 Å². The summed E-state index contributed by atoms with van der Waals surface area (Å²) in [6.07, 6.45) is 1.38. The number of aromatic nitrogens is 4. The summed E-state index contributed by atoms with van der Waals surface area (Å²) >= 11 is 1.54. The zero-order valence-electron chi connectivity index (χ0n) is 15.5. The van der Waals surface area contributed by atoms with Crippen molar-refractivity contribution in [2.75, 3.05) is 7.05 Å². The van der Waals surface area contributed by atoms with Gasteiger partial charge in [0.05, 0.1) is 27.2 Å². The number of carbonyl (C=O) groups excluding carboxylic acids is 1. The van der Waals surface area contributed by atoms with Crippen LogP contribution >= 0.6 is 11.3 Å². The molecule has 0 saturated heterocycles. The number of aryl methyl sites for hydroxylation is 1. The van der Waals surface area contributed by atoms with Gasteiger partial charge in [-0.1, -0.05) is 12.1 Å². The lowest BCUT2D eigenvalue weighted by atomic mass is 10.2. The Morgan fingerprint density at radius 2 is 2.04 bits per heavy atom. The van der Waals surface area contributed by atoms with Gasteiger partial charge in [0.1, 0.15) is 10.7 Å². The van der Waals surface area contributed by atoms with Gasteiger partial charge in [0.25, 0.3) is 11.5 Å². The van der Waals surface area contributed by atoms with Crippen molar-refractivity contribution >= 4 is 38.5 Å². The zero-order valence-corrected chi connectivity index (χ0v) is 16.3. The number of benzene rings is 1. The number of amides is 1. The van der Waals surface area contributed by atoms with Gasteiger partial charge >= 0.3 is 5.69 Å². The third-order valence-corrected chi connectivity index (χ3v) is 5.98. The number of nitrogens with one attached hydrogen (secondary N) is 1. The van der Waals surface area contributed by atoms with Crippen LogP contribution in [0.15, 0.2) is 46.1 Å². The van der Waals surface area contributed by atoms with Crippen LogP contribution in [0.5, 0.6) is 0 Å². The number of para-hydroxylation sites is 1. The molecule has 0 aliphatic rings. The second kappa shape index (κ2) is 6.68. The lowest BCUT2D eigenvalue weighted by Gasteiger charge is -2.23. The molecule has 0 fully saturated rings. The van der Waals surface area contributed by atoms with Crippen molar-refractivity contribution in [2.24, 2.45) is 7.05 Å². The third kappa shape index (κ3) is 2.89. The number of carbonyl (C=O) groups is 1. The molecule has 9 heteroatoms. The van der Waals surface area contributed by atoms with Gasteiger partial charge in [-0.3, -0.25) is 19.1 Å². The van der Waals surface area contributed by atoms with E-state index in [0.717, 1.165) is 15.2 Å². The molecule has 1 amide bonds. The van der Waals surface area contributed by atoms with Gasteiger partial charge in [-0.15, -0.1) is 11.3 Å². The maximum Gasteiger partial charge on any atom is 0.329 e. The Bertz CT molecular complexity index is 1300. The highest BCUT2D eigenvalue weighted by atomic mass is 32.1. The lowest BCUT2D eigenvalue weighted by molar-refractivity contribution is 0.0742. The fourth-order valence-corrected chi connectivity index (χ4v) is 4.03. The first-order chi connectivity index (χ1) is 13.4. The molecule has 142 valence electrons. The summed E-state index contributed by atoms with van der Waals surface area (Å²) in [5.41, 5.74) is 0.280. The highest BCUT2D eigenvalue weighted by Gasteiger charge is 2.23. The number of thiazole rings is 1. The summed E-state index contributed by atoms with van der Waals surface area (Å²) in [5.74, 6) is -0.283. The number of pyridine rings is 1. The number of hydrogen-bond acceptors (Lipinski definition) is 6. The van der Waals surface area contributed by atoms with Crippen LogP contribution in [0.4, 0.5) is 0 Å². The molecule has 0 saturated carbocycles. The van der Waals surface area contributed by atoms with Crippen molar-refractivity contribution in [2.45, 2.75) is 13.0 Å². The molecule has 4 rings (SSSR count). The summed E-state index contributed by atoms with van der Waals surface area (Å²) < 4.78 is 2.29. The maximum atomic E-state index is 13.0. The van der Waals surface area contributed by atoms with Crippen LogP contribution < -0.4 is 11.2 Å². The van der Waals surface area contributed by atoms with E-state index in [-0.39, 0.29) is 28.5 Å². The third-order valence-electron chi connectivity index (χ3n) is 4.77. The molecule has 4 aromatic rings. The van der Waals surface area contributed by atoms with E-state index in [9.17, 15) is 14.4 Å². The van der Waals surface area contributed by atoms with Gasteiger partial charge in [-0.2, -0.15) is 0 Å². The van der Waals surface area contributed by atoms with Crippen LogP contribution in [-0.4, -0.2) is 37.4 Å². The first-order valence-electron chi connectivity index (χ1n) is 8.58. The smallest absolute Gasteiger partial charge is 0.329 e. The molecule has 28 heavy (non-hydrogen) atoms. The molecule has 3 aromatic heterocycles. The summed E-state index contributed by atoms with van der Waals surface area (Å²) in [5, 5.41) is 1.01. The quantitative estimate of drug-likeness (QED) is 0.572. The largest absolute Gasteiger partial charge is 0.332 e. The monoisotopic (exact) mass is 395 g/mol. The molecule has 0 aliphatic carbocycles. The Hall–Kier alpha value is -3.33. The minimum Gasteiger partial charge on any atom is -0.332 e. The predicted octanol–water partition coefficient (Wildman–Crippen LogP) is 2.06. The van der Waals surface area contributed by atoms with Crippen molar-refractivity contribution in [1.82, 2.24) is 24.4 Å². The lowest BCUT2D eigenvalue weighted by Crippen LogP contribution is -2.31. The Balaban J connectivity index is 1.70. The highest BCUT2D eigenvalue weighted by Crippen LogP contribution is 2.29. The molecular formula is C19H17N5O3S. The molecule has 1 aromatic carbocycles. The number of fused-ring (bicyclic) bond motifs is 2. The molecule has 1 atom stereocenters. The molecule has 0 aliphatic heterocycles. The predicted molar refractivity (Wildman–Crippen MR) is 108 cm³/mol. The first kappa shape index (κ1) is 18.1. The number of rotatable bonds is 3. The Morgan fingerprint density at radius 3 is 2.79 bits per heavy atom. The van der Waals surface area contributed by atoms with Crippen LogP contribution in [0.2, 0.25) is 0 Å². The molecule has 0 radical (unpaired) electrons. The summed E-state index contributed by atoms with van der Waals surface area (Å²) in [6, 6.07) is 9.03. The average molecular weight is 395 g/mol. The fourth-order valence-electron chi connectivity index (χ4n) is 2.97. The number of aromatic amines is 1. The average Bonchev–Trinajstić information content (AvgIpc) is 3.14. The normalized spacial score (nSPS) is 12.4. The summed E-state index contributed by atoms with van der Waals surface area (Å²) in [7, 11) is 3.20. The van der Waals surface area contributed by atoms with Gasteiger partial charge in [-0.25, -0.2) is 14.8 Å². The molecule has 1 N–H and O–H groups in total. The highest BCUT2D eigenvalue weighted by molar-refractivity contribution is 7.18. The Morgan fingerprint density at radius 1 is 1.29 bits per heavy atom. The van der Waals surface area contributed by atoms with Crippen molar-refractivity contribution in [3.63, 3.8) is 0 Å². The van der Waals surface area contributed by atoms with Gasteiger partial charge in [-0.05, 0) is 25.1 Å². The van der Waals surface area contributed by atoms with E-state index in [2.05, 4.69) is 15.0 Å². The molecule has 0 spiro atoms. The Labute approximate surface area is 163 Å². The number of H-pyrrole nitrogens is 1. The van der Waals surface area contributed by atoms with Crippen molar-refractivity contribution in [3.05, 3.63) is 67.9 Å². The number of hydrogen-bond donors (Lipinski definition) is 1. The van der Waals surface area contributed by atoms with Gasteiger partial charge in [0.2, 0.25) is 0 Å². The molecule has 3 heterocycles. The van der Waals surface area contributed by atoms with Crippen molar-refractivity contribution < 1.29 is 4.79 Å². The second-order valence-electron chi connectivity index (χ2n) is 6.53. The van der Waals surface area contributed by atoms with E-state index in [1.807, 2.05) is 31.2 Å². The fraction of sp³-hybridized carbons (Fsp3) is 0.211. The topological polar surface area (TPSA) is 101 Å². The maximum absolute atomic E-state index is 13.0. The summed E-state index contributed by atoms with van der Waals surface area (Å²) in [6.45, 7) is 1.90. The molecule has 8 nitrogen and oxygen atoms in total. The number of nitrogens with zero attached hydrogens (tertiary/aromatic N) is 4. The van der Waals surface area contributed by atoms with Crippen LogP contribution in [0.3, 0.4) is 0 Å². The second-order valence-corrected chi connectivity index (χ2v) is 7.59. The molecule has 0 unspecified atom stereocenters. The van der Waals surface area contributed by atoms with Crippen molar-refractivity contribution in [1.29, 1.82) is 0 Å². The van der Waals surface area contributed by atoms with Crippen LogP contribution in [0, 0.1) is 0 Å². The minimum absolute atomic E-state index is 0.189.